The molecule has 1 aromatic heterocycles. The molecular weight excluding hydrogens is 481 g/mol. The number of rotatable bonds is 7. The van der Waals surface area contributed by atoms with Crippen molar-refractivity contribution in [1.82, 2.24) is 14.5 Å². The summed E-state index contributed by atoms with van der Waals surface area (Å²) < 4.78 is 21.6. The van der Waals surface area contributed by atoms with Crippen LogP contribution in [0, 0.1) is 12.7 Å². The molecule has 0 unspecified atom stereocenters. The first-order valence-corrected chi connectivity index (χ1v) is 12.8. The van der Waals surface area contributed by atoms with Crippen LogP contribution in [0.4, 0.5) is 4.39 Å². The maximum Gasteiger partial charge on any atom is 0.338 e. The van der Waals surface area contributed by atoms with Crippen molar-refractivity contribution in [3.05, 3.63) is 134 Å². The van der Waals surface area contributed by atoms with Crippen LogP contribution in [0.3, 0.4) is 0 Å². The zero-order chi connectivity index (χ0) is 26.6. The average Bonchev–Trinajstić information content (AvgIpc) is 2.93. The third-order valence-corrected chi connectivity index (χ3v) is 6.96. The maximum absolute atomic E-state index is 14.9. The summed E-state index contributed by atoms with van der Waals surface area (Å²) in [6.45, 7) is 5.17. The van der Waals surface area contributed by atoms with Crippen LogP contribution in [0.25, 0.3) is 0 Å². The van der Waals surface area contributed by atoms with E-state index in [0.717, 1.165) is 16.8 Å². The molecule has 0 N–H and O–H groups in total. The normalized spacial score (nSPS) is 13.4. The van der Waals surface area contributed by atoms with Crippen LogP contribution in [-0.4, -0.2) is 33.6 Å². The Hall–Kier alpha value is -4.10. The van der Waals surface area contributed by atoms with Gasteiger partial charge in [0, 0.05) is 31.6 Å². The Kier molecular flexibility index (Phi) is 7.47. The minimum Gasteiger partial charge on any atom is -0.462 e. The Balaban J connectivity index is 1.47. The predicted molar refractivity (Wildman–Crippen MR) is 144 cm³/mol. The van der Waals surface area contributed by atoms with Gasteiger partial charge < -0.3 is 4.74 Å². The summed E-state index contributed by atoms with van der Waals surface area (Å²) in [5.41, 5.74) is 4.03. The fourth-order valence-corrected chi connectivity index (χ4v) is 5.12. The monoisotopic (exact) mass is 511 g/mol. The molecule has 0 radical (unpaired) electrons. The molecule has 4 aromatic rings. The molecule has 3 aromatic carbocycles. The van der Waals surface area contributed by atoms with E-state index in [1.54, 1.807) is 23.6 Å². The van der Waals surface area contributed by atoms with Gasteiger partial charge in [-0.3, -0.25) is 14.3 Å². The van der Waals surface area contributed by atoms with Gasteiger partial charge in [-0.25, -0.2) is 14.2 Å². The van der Waals surface area contributed by atoms with Gasteiger partial charge in [-0.2, -0.15) is 0 Å². The second kappa shape index (κ2) is 11.1. The van der Waals surface area contributed by atoms with Crippen LogP contribution in [0.15, 0.2) is 83.7 Å². The number of hydrogen-bond acceptors (Lipinski definition) is 5. The van der Waals surface area contributed by atoms with Crippen molar-refractivity contribution < 1.29 is 13.9 Å². The van der Waals surface area contributed by atoms with Crippen LogP contribution in [0.2, 0.25) is 0 Å². The molecule has 38 heavy (non-hydrogen) atoms. The van der Waals surface area contributed by atoms with Crippen LogP contribution in [0.5, 0.6) is 0 Å². The summed E-state index contributed by atoms with van der Waals surface area (Å²) in [6, 6.07) is 24.0. The molecule has 2 heterocycles. The number of esters is 1. The Labute approximate surface area is 221 Å². The first-order valence-electron chi connectivity index (χ1n) is 12.8. The van der Waals surface area contributed by atoms with Crippen LogP contribution < -0.4 is 5.56 Å². The fourth-order valence-electron chi connectivity index (χ4n) is 5.12. The highest BCUT2D eigenvalue weighted by atomic mass is 19.1. The molecule has 1 aliphatic rings. The van der Waals surface area contributed by atoms with Gasteiger partial charge in [-0.05, 0) is 37.1 Å². The minimum atomic E-state index is -0.543. The SMILES string of the molecule is CCOC(=O)c1ccc(CN2CCc3nc(C)n(C(c4ccccc4)c4ccccc4)c(=O)c3C2)c(F)c1. The van der Waals surface area contributed by atoms with Crippen LogP contribution in [0.1, 0.15) is 57.1 Å². The molecule has 0 amide bonds. The molecule has 0 saturated carbocycles. The van der Waals surface area contributed by atoms with Crippen LogP contribution in [-0.2, 0) is 24.2 Å². The van der Waals surface area contributed by atoms with Gasteiger partial charge in [0.05, 0.1) is 29.5 Å². The van der Waals surface area contributed by atoms with E-state index in [4.69, 9.17) is 9.72 Å². The molecule has 0 spiro atoms. The van der Waals surface area contributed by atoms with Crippen molar-refractivity contribution in [2.75, 3.05) is 13.2 Å². The molecule has 0 fully saturated rings. The highest BCUT2D eigenvalue weighted by molar-refractivity contribution is 5.89. The highest BCUT2D eigenvalue weighted by Gasteiger charge is 2.27. The smallest absolute Gasteiger partial charge is 0.338 e. The average molecular weight is 512 g/mol. The molecule has 5 rings (SSSR count). The zero-order valence-electron chi connectivity index (χ0n) is 21.6. The van der Waals surface area contributed by atoms with Gasteiger partial charge in [0.25, 0.3) is 5.56 Å². The topological polar surface area (TPSA) is 64.4 Å². The minimum absolute atomic E-state index is 0.0759. The first-order chi connectivity index (χ1) is 18.5. The number of benzene rings is 3. The third-order valence-electron chi connectivity index (χ3n) is 6.96. The maximum atomic E-state index is 14.9. The molecule has 194 valence electrons. The lowest BCUT2D eigenvalue weighted by Gasteiger charge is -2.30. The molecule has 0 atom stereocenters. The number of ether oxygens (including phenoxy) is 1. The van der Waals surface area contributed by atoms with Gasteiger partial charge in [0.2, 0.25) is 0 Å². The number of aromatic nitrogens is 2. The second-order valence-corrected chi connectivity index (χ2v) is 9.47. The number of aryl methyl sites for hydroxylation is 1. The van der Waals surface area contributed by atoms with Gasteiger partial charge in [-0.15, -0.1) is 0 Å². The van der Waals surface area contributed by atoms with Crippen molar-refractivity contribution in [1.29, 1.82) is 0 Å². The molecule has 0 saturated heterocycles. The Bertz CT molecular complexity index is 1460. The standard InChI is InChI=1S/C31H30FN3O3/c1-3-38-31(37)24-14-15-25(27(32)18-24)19-34-17-16-28-26(20-34)30(36)35(21(2)33-28)29(22-10-6-4-7-11-22)23-12-8-5-9-13-23/h4-15,18,29H,3,16-17,19-20H2,1-2H3. The van der Waals surface area contributed by atoms with Crippen molar-refractivity contribution in [3.63, 3.8) is 0 Å². The van der Waals surface area contributed by atoms with Crippen molar-refractivity contribution in [3.8, 4) is 0 Å². The quantitative estimate of drug-likeness (QED) is 0.325. The van der Waals surface area contributed by atoms with Gasteiger partial charge in [0.15, 0.2) is 0 Å². The third kappa shape index (κ3) is 5.15. The summed E-state index contributed by atoms with van der Waals surface area (Å²) in [7, 11) is 0. The van der Waals surface area contributed by atoms with Crippen molar-refractivity contribution in [2.45, 2.75) is 39.4 Å². The summed E-state index contributed by atoms with van der Waals surface area (Å²) >= 11 is 0. The van der Waals surface area contributed by atoms with E-state index < -0.39 is 11.8 Å². The summed E-state index contributed by atoms with van der Waals surface area (Å²) in [4.78, 5) is 32.9. The molecule has 1 aliphatic heterocycles. The fraction of sp³-hybridized carbons (Fsp3) is 0.258. The largest absolute Gasteiger partial charge is 0.462 e. The molecule has 0 bridgehead atoms. The zero-order valence-corrected chi connectivity index (χ0v) is 21.6. The highest BCUT2D eigenvalue weighted by Crippen LogP contribution is 2.28. The van der Waals surface area contributed by atoms with Gasteiger partial charge in [0.1, 0.15) is 11.6 Å². The predicted octanol–water partition coefficient (Wildman–Crippen LogP) is 5.06. The Morgan fingerprint density at radius 3 is 2.29 bits per heavy atom. The van der Waals surface area contributed by atoms with Crippen molar-refractivity contribution in [2.24, 2.45) is 0 Å². The van der Waals surface area contributed by atoms with Gasteiger partial charge in [-0.1, -0.05) is 66.7 Å². The van der Waals surface area contributed by atoms with E-state index in [0.29, 0.717) is 43.0 Å². The number of fused-ring (bicyclic) bond motifs is 1. The van der Waals surface area contributed by atoms with E-state index in [1.165, 1.54) is 6.07 Å². The first kappa shape index (κ1) is 25.5. The van der Waals surface area contributed by atoms with Crippen molar-refractivity contribution >= 4 is 5.97 Å². The number of carbonyl (C=O) groups excluding carboxylic acids is 1. The van der Waals surface area contributed by atoms with E-state index in [1.807, 2.05) is 72.5 Å². The Morgan fingerprint density at radius 1 is 1.03 bits per heavy atom. The summed E-state index contributed by atoms with van der Waals surface area (Å²) in [5.74, 6) is -0.340. The molecule has 0 aliphatic carbocycles. The lowest BCUT2D eigenvalue weighted by Crippen LogP contribution is -2.40. The number of halogens is 1. The molecule has 6 nitrogen and oxygen atoms in total. The van der Waals surface area contributed by atoms with Crippen LogP contribution >= 0.6 is 0 Å². The number of nitrogens with zero attached hydrogens (tertiary/aromatic N) is 3. The lowest BCUT2D eigenvalue weighted by atomic mass is 9.97. The molecule has 7 heteroatoms. The summed E-state index contributed by atoms with van der Waals surface area (Å²) in [5, 5.41) is 0. The van der Waals surface area contributed by atoms with E-state index >= 15 is 0 Å². The van der Waals surface area contributed by atoms with E-state index in [2.05, 4.69) is 0 Å². The lowest BCUT2D eigenvalue weighted by molar-refractivity contribution is 0.0525. The summed E-state index contributed by atoms with van der Waals surface area (Å²) in [6.07, 6.45) is 0.607. The number of carbonyl (C=O) groups is 1. The second-order valence-electron chi connectivity index (χ2n) is 9.47. The Morgan fingerprint density at radius 2 is 1.68 bits per heavy atom. The number of hydrogen-bond donors (Lipinski definition) is 0. The van der Waals surface area contributed by atoms with Gasteiger partial charge >= 0.3 is 5.97 Å². The van der Waals surface area contributed by atoms with E-state index in [9.17, 15) is 14.0 Å². The van der Waals surface area contributed by atoms with E-state index in [-0.39, 0.29) is 23.8 Å². The molecular formula is C31H30FN3O3.